The van der Waals surface area contributed by atoms with E-state index >= 15 is 0 Å². The van der Waals surface area contributed by atoms with Crippen molar-refractivity contribution in [1.82, 2.24) is 10.3 Å². The van der Waals surface area contributed by atoms with Gasteiger partial charge in [0.05, 0.1) is 11.3 Å². The fourth-order valence-electron chi connectivity index (χ4n) is 2.73. The van der Waals surface area contributed by atoms with Crippen LogP contribution in [0.3, 0.4) is 0 Å². The van der Waals surface area contributed by atoms with Crippen LogP contribution in [0.25, 0.3) is 0 Å². The fraction of sp³-hybridized carbons (Fsp3) is 0.562. The molecule has 0 atom stereocenters. The van der Waals surface area contributed by atoms with Crippen molar-refractivity contribution in [1.29, 1.82) is 0 Å². The Balaban J connectivity index is 1.99. The highest BCUT2D eigenvalue weighted by Gasteiger charge is 2.24. The molecule has 23 heavy (non-hydrogen) atoms. The summed E-state index contributed by atoms with van der Waals surface area (Å²) in [5, 5.41) is 6.58. The molecular weight excluding hydrogens is 318 g/mol. The van der Waals surface area contributed by atoms with Gasteiger partial charge in [0, 0.05) is 18.3 Å². The maximum absolute atomic E-state index is 12.5. The van der Waals surface area contributed by atoms with E-state index in [2.05, 4.69) is 15.6 Å². The molecule has 7 heteroatoms. The Labute approximate surface area is 140 Å². The minimum atomic E-state index is -0.169. The van der Waals surface area contributed by atoms with E-state index in [4.69, 9.17) is 16.3 Å². The summed E-state index contributed by atoms with van der Waals surface area (Å²) in [5.41, 5.74) is 1.16. The number of carbonyl (C=O) groups excluding carboxylic acids is 2. The molecule has 0 saturated heterocycles. The van der Waals surface area contributed by atoms with Crippen molar-refractivity contribution >= 4 is 29.7 Å². The van der Waals surface area contributed by atoms with Crippen LogP contribution in [0, 0.1) is 0 Å². The third-order valence-electron chi connectivity index (χ3n) is 3.82. The molecule has 0 spiro atoms. The first-order valence-electron chi connectivity index (χ1n) is 7.81. The molecule has 1 heterocycles. The van der Waals surface area contributed by atoms with Crippen LogP contribution in [-0.2, 0) is 9.53 Å². The molecule has 1 fully saturated rings. The van der Waals surface area contributed by atoms with Gasteiger partial charge in [0.2, 0.25) is 0 Å². The predicted molar refractivity (Wildman–Crippen MR) is 88.7 cm³/mol. The number of rotatable bonds is 6. The van der Waals surface area contributed by atoms with Gasteiger partial charge in [0.1, 0.15) is 11.3 Å². The van der Waals surface area contributed by atoms with E-state index in [1.54, 1.807) is 6.07 Å². The van der Waals surface area contributed by atoms with Crippen molar-refractivity contribution in [2.75, 3.05) is 5.32 Å². The second kappa shape index (κ2) is 8.15. The number of pyridine rings is 1. The zero-order valence-electron chi connectivity index (χ0n) is 13.3. The number of carbonyl (C=O) groups is 2. The molecule has 126 valence electrons. The summed E-state index contributed by atoms with van der Waals surface area (Å²) >= 11 is 5.92. The van der Waals surface area contributed by atoms with Gasteiger partial charge in [0.25, 0.3) is 12.4 Å². The normalized spacial score (nSPS) is 20.9. The average Bonchev–Trinajstić information content (AvgIpc) is 2.49. The molecule has 0 aromatic carbocycles. The number of aromatic nitrogens is 1. The Morgan fingerprint density at radius 3 is 2.70 bits per heavy atom. The molecule has 0 unspecified atom stereocenters. The second-order valence-electron chi connectivity index (χ2n) is 6.03. The van der Waals surface area contributed by atoms with E-state index in [1.165, 1.54) is 6.20 Å². The van der Waals surface area contributed by atoms with E-state index in [1.807, 2.05) is 13.8 Å². The van der Waals surface area contributed by atoms with Crippen molar-refractivity contribution in [2.24, 2.45) is 0 Å². The summed E-state index contributed by atoms with van der Waals surface area (Å²) in [5.74, 6) is -0.169. The van der Waals surface area contributed by atoms with E-state index in [9.17, 15) is 9.59 Å². The van der Waals surface area contributed by atoms with Crippen LogP contribution in [0.15, 0.2) is 12.3 Å². The van der Waals surface area contributed by atoms with Crippen LogP contribution in [0.1, 0.15) is 49.9 Å². The first-order chi connectivity index (χ1) is 11.0. The average molecular weight is 340 g/mol. The van der Waals surface area contributed by atoms with Gasteiger partial charge in [-0.1, -0.05) is 11.6 Å². The number of nitrogens with one attached hydrogen (secondary N) is 2. The minimum Gasteiger partial charge on any atom is -0.465 e. The molecule has 2 rings (SSSR count). The maximum atomic E-state index is 12.5. The van der Waals surface area contributed by atoms with Crippen molar-refractivity contribution in [3.05, 3.63) is 23.0 Å². The third-order valence-corrected chi connectivity index (χ3v) is 4.02. The van der Waals surface area contributed by atoms with Gasteiger partial charge in [-0.15, -0.1) is 0 Å². The zero-order valence-corrected chi connectivity index (χ0v) is 14.1. The number of amides is 1. The fourth-order valence-corrected chi connectivity index (χ4v) is 2.88. The van der Waals surface area contributed by atoms with Gasteiger partial charge in [-0.25, -0.2) is 4.98 Å². The minimum absolute atomic E-state index is 0.0315. The number of hydrogen-bond donors (Lipinski definition) is 2. The molecule has 1 aliphatic carbocycles. The van der Waals surface area contributed by atoms with Gasteiger partial charge >= 0.3 is 0 Å². The molecule has 0 aliphatic heterocycles. The molecule has 0 bridgehead atoms. The Morgan fingerprint density at radius 2 is 2.09 bits per heavy atom. The molecule has 1 aromatic rings. The lowest BCUT2D eigenvalue weighted by atomic mass is 9.93. The lowest BCUT2D eigenvalue weighted by molar-refractivity contribution is -0.135. The van der Waals surface area contributed by atoms with Gasteiger partial charge in [0.15, 0.2) is 0 Å². The van der Waals surface area contributed by atoms with Gasteiger partial charge < -0.3 is 15.4 Å². The zero-order chi connectivity index (χ0) is 16.8. The SMILES string of the molecule is CC(C)Nc1cc(Cl)ncc1C(=O)NC1CCC(OC=O)CC1. The summed E-state index contributed by atoms with van der Waals surface area (Å²) < 4.78 is 4.97. The molecule has 6 nitrogen and oxygen atoms in total. The number of nitrogens with zero attached hydrogens (tertiary/aromatic N) is 1. The highest BCUT2D eigenvalue weighted by Crippen LogP contribution is 2.23. The van der Waals surface area contributed by atoms with E-state index in [0.29, 0.717) is 22.9 Å². The summed E-state index contributed by atoms with van der Waals surface area (Å²) in [6.07, 6.45) is 4.57. The summed E-state index contributed by atoms with van der Waals surface area (Å²) in [7, 11) is 0. The first-order valence-corrected chi connectivity index (χ1v) is 8.19. The van der Waals surface area contributed by atoms with Crippen LogP contribution >= 0.6 is 11.6 Å². The molecule has 2 N–H and O–H groups in total. The lowest BCUT2D eigenvalue weighted by Crippen LogP contribution is -2.39. The van der Waals surface area contributed by atoms with Gasteiger partial charge in [-0.05, 0) is 45.6 Å². The van der Waals surface area contributed by atoms with Crippen molar-refractivity contribution in [3.63, 3.8) is 0 Å². The molecule has 1 aliphatic rings. The second-order valence-corrected chi connectivity index (χ2v) is 6.42. The Bertz CT molecular complexity index is 558. The molecule has 1 amide bonds. The monoisotopic (exact) mass is 339 g/mol. The number of halogens is 1. The summed E-state index contributed by atoms with van der Waals surface area (Å²) in [6, 6.07) is 1.91. The molecule has 1 aromatic heterocycles. The predicted octanol–water partition coefficient (Wildman–Crippen LogP) is 2.77. The van der Waals surface area contributed by atoms with E-state index in [0.717, 1.165) is 25.7 Å². The quantitative estimate of drug-likeness (QED) is 0.615. The van der Waals surface area contributed by atoms with Crippen LogP contribution in [-0.4, -0.2) is 35.6 Å². The number of ether oxygens (including phenoxy) is 1. The van der Waals surface area contributed by atoms with Gasteiger partial charge in [-0.2, -0.15) is 0 Å². The largest absolute Gasteiger partial charge is 0.465 e. The van der Waals surface area contributed by atoms with Crippen LogP contribution in [0.2, 0.25) is 5.15 Å². The summed E-state index contributed by atoms with van der Waals surface area (Å²) in [6.45, 7) is 4.47. The van der Waals surface area contributed by atoms with E-state index < -0.39 is 0 Å². The van der Waals surface area contributed by atoms with E-state index in [-0.39, 0.29) is 24.1 Å². The summed E-state index contributed by atoms with van der Waals surface area (Å²) in [4.78, 5) is 26.9. The van der Waals surface area contributed by atoms with Gasteiger partial charge in [-0.3, -0.25) is 9.59 Å². The highest BCUT2D eigenvalue weighted by molar-refractivity contribution is 6.29. The number of anilines is 1. The standard InChI is InChI=1S/C16H22ClN3O3/c1-10(2)19-14-7-15(17)18-8-13(14)16(22)20-11-3-5-12(6-4-11)23-9-21/h7-12H,3-6H2,1-2H3,(H,18,19)(H,20,22). The van der Waals surface area contributed by atoms with Crippen molar-refractivity contribution in [2.45, 2.75) is 57.7 Å². The molecule has 0 radical (unpaired) electrons. The topological polar surface area (TPSA) is 80.3 Å². The lowest BCUT2D eigenvalue weighted by Gasteiger charge is -2.28. The number of hydrogen-bond acceptors (Lipinski definition) is 5. The maximum Gasteiger partial charge on any atom is 0.293 e. The smallest absolute Gasteiger partial charge is 0.293 e. The molecule has 1 saturated carbocycles. The first kappa shape index (κ1) is 17.5. The highest BCUT2D eigenvalue weighted by atomic mass is 35.5. The van der Waals surface area contributed by atoms with Crippen molar-refractivity contribution < 1.29 is 14.3 Å². The third kappa shape index (κ3) is 5.10. The van der Waals surface area contributed by atoms with Crippen LogP contribution < -0.4 is 10.6 Å². The van der Waals surface area contributed by atoms with Crippen LogP contribution in [0.5, 0.6) is 0 Å². The Kier molecular flexibility index (Phi) is 6.21. The van der Waals surface area contributed by atoms with Crippen molar-refractivity contribution in [3.8, 4) is 0 Å². The Morgan fingerprint density at radius 1 is 1.39 bits per heavy atom. The molecular formula is C16H22ClN3O3. The van der Waals surface area contributed by atoms with Crippen LogP contribution in [0.4, 0.5) is 5.69 Å². The Hall–Kier alpha value is -1.82.